The van der Waals surface area contributed by atoms with Crippen LogP contribution in [-0.2, 0) is 16.1 Å². The average molecular weight is 298 g/mol. The fourth-order valence-corrected chi connectivity index (χ4v) is 1.58. The number of nitrogens with one attached hydrogen (secondary N) is 2. The number of benzene rings is 1. The van der Waals surface area contributed by atoms with Gasteiger partial charge < -0.3 is 10.4 Å². The third-order valence-corrected chi connectivity index (χ3v) is 2.66. The third-order valence-electron chi connectivity index (χ3n) is 2.66. The molecule has 0 aliphatic carbocycles. The van der Waals surface area contributed by atoms with Crippen molar-refractivity contribution in [1.82, 2.24) is 15.7 Å². The molecule has 0 fully saturated rings. The van der Waals surface area contributed by atoms with Gasteiger partial charge in [0.2, 0.25) is 0 Å². The molecule has 112 valence electrons. The van der Waals surface area contributed by atoms with Crippen LogP contribution in [0.15, 0.2) is 53.9 Å². The molecule has 0 spiro atoms. The maximum atomic E-state index is 11.6. The lowest BCUT2D eigenvalue weighted by Gasteiger charge is -2.03. The molecule has 7 heteroatoms. The Bertz CT molecular complexity index is 686. The summed E-state index contributed by atoms with van der Waals surface area (Å²) >= 11 is 0. The van der Waals surface area contributed by atoms with Gasteiger partial charge in [0.05, 0.1) is 6.21 Å². The number of hydrogen-bond acceptors (Lipinski definition) is 5. The van der Waals surface area contributed by atoms with Crippen LogP contribution in [0.4, 0.5) is 0 Å². The van der Waals surface area contributed by atoms with E-state index in [1.165, 1.54) is 18.3 Å². The summed E-state index contributed by atoms with van der Waals surface area (Å²) in [6.45, 7) is 0.227. The molecule has 2 rings (SSSR count). The lowest BCUT2D eigenvalue weighted by molar-refractivity contribution is -0.139. The first-order valence-corrected chi connectivity index (χ1v) is 6.44. The average Bonchev–Trinajstić information content (AvgIpc) is 2.53. The summed E-state index contributed by atoms with van der Waals surface area (Å²) < 4.78 is 0. The highest BCUT2D eigenvalue weighted by Gasteiger charge is 2.11. The van der Waals surface area contributed by atoms with Crippen molar-refractivity contribution in [3.8, 4) is 5.75 Å². The maximum absolute atomic E-state index is 11.6. The predicted octanol–water partition coefficient (Wildman–Crippen LogP) is 0.554. The highest BCUT2D eigenvalue weighted by molar-refractivity contribution is 6.35. The van der Waals surface area contributed by atoms with Gasteiger partial charge in [0, 0.05) is 18.9 Å². The van der Waals surface area contributed by atoms with Gasteiger partial charge in [-0.3, -0.25) is 14.6 Å². The van der Waals surface area contributed by atoms with Crippen molar-refractivity contribution in [3.63, 3.8) is 0 Å². The van der Waals surface area contributed by atoms with Crippen LogP contribution in [0.2, 0.25) is 0 Å². The zero-order chi connectivity index (χ0) is 15.8. The summed E-state index contributed by atoms with van der Waals surface area (Å²) in [5, 5.41) is 15.4. The van der Waals surface area contributed by atoms with Crippen LogP contribution in [-0.4, -0.2) is 28.1 Å². The topological polar surface area (TPSA) is 104 Å². The highest BCUT2D eigenvalue weighted by Crippen LogP contribution is 2.08. The molecule has 1 aromatic carbocycles. The summed E-state index contributed by atoms with van der Waals surface area (Å²) in [7, 11) is 0. The fourth-order valence-electron chi connectivity index (χ4n) is 1.58. The Kier molecular flexibility index (Phi) is 5.20. The number of nitrogens with zero attached hydrogens (tertiary/aromatic N) is 2. The van der Waals surface area contributed by atoms with E-state index in [4.69, 9.17) is 0 Å². The van der Waals surface area contributed by atoms with E-state index in [2.05, 4.69) is 20.8 Å². The second-order valence-corrected chi connectivity index (χ2v) is 4.33. The lowest BCUT2D eigenvalue weighted by Crippen LogP contribution is -2.37. The monoisotopic (exact) mass is 298 g/mol. The number of aromatic nitrogens is 1. The first kappa shape index (κ1) is 15.2. The molecule has 0 aliphatic heterocycles. The summed E-state index contributed by atoms with van der Waals surface area (Å²) in [6, 6.07) is 9.79. The first-order chi connectivity index (χ1) is 10.6. The molecule has 1 aromatic heterocycles. The van der Waals surface area contributed by atoms with E-state index < -0.39 is 11.8 Å². The van der Waals surface area contributed by atoms with Gasteiger partial charge in [-0.2, -0.15) is 5.10 Å². The minimum Gasteiger partial charge on any atom is -0.508 e. The van der Waals surface area contributed by atoms with Crippen molar-refractivity contribution in [2.75, 3.05) is 0 Å². The number of hydrogen-bond donors (Lipinski definition) is 3. The van der Waals surface area contributed by atoms with Crippen LogP contribution in [0.25, 0.3) is 0 Å². The Hall–Kier alpha value is -3.22. The minimum atomic E-state index is -0.870. The van der Waals surface area contributed by atoms with Crippen molar-refractivity contribution in [2.24, 2.45) is 5.10 Å². The van der Waals surface area contributed by atoms with Crippen molar-refractivity contribution in [2.45, 2.75) is 6.54 Å². The smallest absolute Gasteiger partial charge is 0.329 e. The van der Waals surface area contributed by atoms with Crippen LogP contribution in [0.5, 0.6) is 5.75 Å². The van der Waals surface area contributed by atoms with Crippen LogP contribution in [0, 0.1) is 0 Å². The minimum absolute atomic E-state index is 0.0883. The molecule has 3 N–H and O–H groups in total. The molecule has 0 saturated carbocycles. The summed E-state index contributed by atoms with van der Waals surface area (Å²) in [5.41, 5.74) is 3.54. The van der Waals surface area contributed by atoms with Gasteiger partial charge in [0.1, 0.15) is 5.75 Å². The predicted molar refractivity (Wildman–Crippen MR) is 79.9 cm³/mol. The van der Waals surface area contributed by atoms with Crippen LogP contribution >= 0.6 is 0 Å². The fraction of sp³-hybridized carbons (Fsp3) is 0.0667. The Morgan fingerprint density at radius 3 is 2.68 bits per heavy atom. The largest absolute Gasteiger partial charge is 0.508 e. The Labute approximate surface area is 126 Å². The van der Waals surface area contributed by atoms with Crippen molar-refractivity contribution >= 4 is 18.0 Å². The number of rotatable bonds is 4. The molecule has 2 aromatic rings. The standard InChI is InChI=1S/C15H14N4O3/c20-13-3-1-2-12(8-13)10-18-19-15(22)14(21)17-9-11-4-6-16-7-5-11/h1-8,10,20H,9H2,(H,17,21)(H,19,22)/b18-10+. The SMILES string of the molecule is O=C(NCc1ccncc1)C(=O)N/N=C/c1cccc(O)c1. The number of carbonyl (C=O) groups excluding carboxylic acids is 2. The quantitative estimate of drug-likeness (QED) is 0.435. The molecular weight excluding hydrogens is 284 g/mol. The molecule has 0 bridgehead atoms. The molecule has 7 nitrogen and oxygen atoms in total. The van der Waals surface area contributed by atoms with E-state index in [0.29, 0.717) is 5.56 Å². The second kappa shape index (κ2) is 7.53. The van der Waals surface area contributed by atoms with Gasteiger partial charge in [0.15, 0.2) is 0 Å². The molecule has 0 saturated heterocycles. The van der Waals surface area contributed by atoms with Crippen LogP contribution in [0.3, 0.4) is 0 Å². The zero-order valence-corrected chi connectivity index (χ0v) is 11.6. The number of hydrazone groups is 1. The molecule has 22 heavy (non-hydrogen) atoms. The number of aromatic hydroxyl groups is 1. The Balaban J connectivity index is 1.80. The molecule has 2 amide bonds. The second-order valence-electron chi connectivity index (χ2n) is 4.33. The zero-order valence-electron chi connectivity index (χ0n) is 11.6. The van der Waals surface area contributed by atoms with Gasteiger partial charge in [-0.05, 0) is 35.4 Å². The third kappa shape index (κ3) is 4.71. The van der Waals surface area contributed by atoms with E-state index in [-0.39, 0.29) is 12.3 Å². The Morgan fingerprint density at radius 2 is 1.95 bits per heavy atom. The lowest BCUT2D eigenvalue weighted by atomic mass is 10.2. The van der Waals surface area contributed by atoms with Gasteiger partial charge >= 0.3 is 11.8 Å². The van der Waals surface area contributed by atoms with Crippen LogP contribution in [0.1, 0.15) is 11.1 Å². The Morgan fingerprint density at radius 1 is 1.18 bits per heavy atom. The molecule has 0 radical (unpaired) electrons. The summed E-state index contributed by atoms with van der Waals surface area (Å²) in [4.78, 5) is 26.9. The number of pyridine rings is 1. The maximum Gasteiger partial charge on any atom is 0.329 e. The van der Waals surface area contributed by atoms with E-state index in [0.717, 1.165) is 5.56 Å². The number of amides is 2. The van der Waals surface area contributed by atoms with E-state index >= 15 is 0 Å². The van der Waals surface area contributed by atoms with E-state index in [9.17, 15) is 14.7 Å². The highest BCUT2D eigenvalue weighted by atomic mass is 16.3. The molecule has 1 heterocycles. The number of phenolic OH excluding ortho intramolecular Hbond substituents is 1. The summed E-state index contributed by atoms with van der Waals surface area (Å²) in [5.74, 6) is -1.57. The molecule has 0 unspecified atom stereocenters. The summed E-state index contributed by atoms with van der Waals surface area (Å²) in [6.07, 6.45) is 4.52. The van der Waals surface area contributed by atoms with Crippen molar-refractivity contribution in [3.05, 3.63) is 59.9 Å². The van der Waals surface area contributed by atoms with Crippen molar-refractivity contribution < 1.29 is 14.7 Å². The first-order valence-electron chi connectivity index (χ1n) is 6.44. The van der Waals surface area contributed by atoms with E-state index in [1.54, 1.807) is 36.7 Å². The van der Waals surface area contributed by atoms with E-state index in [1.807, 2.05) is 0 Å². The van der Waals surface area contributed by atoms with Gasteiger partial charge in [-0.15, -0.1) is 0 Å². The number of phenols is 1. The normalized spacial score (nSPS) is 10.4. The van der Waals surface area contributed by atoms with Gasteiger partial charge in [-0.25, -0.2) is 5.43 Å². The van der Waals surface area contributed by atoms with Crippen molar-refractivity contribution in [1.29, 1.82) is 0 Å². The van der Waals surface area contributed by atoms with Gasteiger partial charge in [-0.1, -0.05) is 12.1 Å². The van der Waals surface area contributed by atoms with Gasteiger partial charge in [0.25, 0.3) is 0 Å². The van der Waals surface area contributed by atoms with Crippen LogP contribution < -0.4 is 10.7 Å². The molecular formula is C15H14N4O3. The number of carbonyl (C=O) groups is 2. The molecule has 0 aliphatic rings. The molecule has 0 atom stereocenters.